The quantitative estimate of drug-likeness (QED) is 0.848. The van der Waals surface area contributed by atoms with Gasteiger partial charge < -0.3 is 4.57 Å². The second-order valence-electron chi connectivity index (χ2n) is 6.78. The summed E-state index contributed by atoms with van der Waals surface area (Å²) in [6.45, 7) is 4.43. The molecule has 23 heavy (non-hydrogen) atoms. The van der Waals surface area contributed by atoms with Gasteiger partial charge in [-0.15, -0.1) is 0 Å². The Bertz CT molecular complexity index is 592. The van der Waals surface area contributed by atoms with Crippen molar-refractivity contribution < 1.29 is 0 Å². The normalized spacial score (nSPS) is 19.9. The van der Waals surface area contributed by atoms with Gasteiger partial charge in [-0.1, -0.05) is 6.07 Å². The van der Waals surface area contributed by atoms with Crippen molar-refractivity contribution in [3.05, 3.63) is 54.1 Å². The molecule has 1 fully saturated rings. The Morgan fingerprint density at radius 3 is 2.87 bits per heavy atom. The van der Waals surface area contributed by atoms with Crippen LogP contribution in [0.15, 0.2) is 42.9 Å². The van der Waals surface area contributed by atoms with Crippen molar-refractivity contribution in [2.24, 2.45) is 7.05 Å². The van der Waals surface area contributed by atoms with E-state index in [9.17, 15) is 0 Å². The summed E-state index contributed by atoms with van der Waals surface area (Å²) in [5.74, 6) is 0. The fourth-order valence-electron chi connectivity index (χ4n) is 3.53. The van der Waals surface area contributed by atoms with Gasteiger partial charge in [-0.3, -0.25) is 14.8 Å². The zero-order valence-electron chi connectivity index (χ0n) is 14.4. The largest absolute Gasteiger partial charge is 0.357 e. The Morgan fingerprint density at radius 2 is 2.13 bits per heavy atom. The van der Waals surface area contributed by atoms with E-state index in [0.29, 0.717) is 6.04 Å². The van der Waals surface area contributed by atoms with Gasteiger partial charge in [0.05, 0.1) is 5.69 Å². The molecular weight excluding hydrogens is 284 g/mol. The molecule has 0 bridgehead atoms. The average molecular weight is 312 g/mol. The molecule has 0 N–H and O–H groups in total. The molecule has 0 aromatic carbocycles. The Hall–Kier alpha value is -1.65. The number of aryl methyl sites for hydroxylation is 1. The standard InChI is InChI=1S/C19H28N4/c1-21-12-8-17(14-21)15-23-11-5-7-19(9-13-23)22(2)16-18-6-3-4-10-20-18/h3-4,6,8,10,12,14,19H,5,7,9,11,13,15-16H2,1-2H3. The van der Waals surface area contributed by atoms with E-state index in [-0.39, 0.29) is 0 Å². The Labute approximate surface area is 139 Å². The molecule has 1 atom stereocenters. The number of nitrogens with zero attached hydrogens (tertiary/aromatic N) is 4. The predicted octanol–water partition coefficient (Wildman–Crippen LogP) is 2.91. The molecule has 0 spiro atoms. The number of hydrogen-bond donors (Lipinski definition) is 0. The molecule has 1 saturated heterocycles. The van der Waals surface area contributed by atoms with E-state index in [1.807, 2.05) is 12.3 Å². The summed E-state index contributed by atoms with van der Waals surface area (Å²) in [4.78, 5) is 9.54. The van der Waals surface area contributed by atoms with Gasteiger partial charge in [-0.05, 0) is 63.2 Å². The van der Waals surface area contributed by atoms with Gasteiger partial charge in [0.1, 0.15) is 0 Å². The smallest absolute Gasteiger partial charge is 0.0543 e. The summed E-state index contributed by atoms with van der Waals surface area (Å²) >= 11 is 0. The summed E-state index contributed by atoms with van der Waals surface area (Å²) in [7, 11) is 4.33. The number of hydrogen-bond acceptors (Lipinski definition) is 3. The van der Waals surface area contributed by atoms with Crippen molar-refractivity contribution in [2.45, 2.75) is 38.4 Å². The minimum atomic E-state index is 0.665. The van der Waals surface area contributed by atoms with Crippen LogP contribution >= 0.6 is 0 Å². The Kier molecular flexibility index (Phi) is 5.47. The average Bonchev–Trinajstić information content (AvgIpc) is 2.82. The zero-order chi connectivity index (χ0) is 16.1. The van der Waals surface area contributed by atoms with Gasteiger partial charge in [0.15, 0.2) is 0 Å². The highest BCUT2D eigenvalue weighted by atomic mass is 15.2. The lowest BCUT2D eigenvalue weighted by Gasteiger charge is -2.27. The van der Waals surface area contributed by atoms with Crippen molar-refractivity contribution in [3.8, 4) is 0 Å². The van der Waals surface area contributed by atoms with Crippen molar-refractivity contribution in [1.29, 1.82) is 0 Å². The van der Waals surface area contributed by atoms with Crippen LogP contribution in [0.2, 0.25) is 0 Å². The van der Waals surface area contributed by atoms with Crippen molar-refractivity contribution >= 4 is 0 Å². The number of rotatable bonds is 5. The first kappa shape index (κ1) is 16.2. The summed E-state index contributed by atoms with van der Waals surface area (Å²) in [5.41, 5.74) is 2.59. The van der Waals surface area contributed by atoms with Gasteiger partial charge in [-0.2, -0.15) is 0 Å². The molecule has 1 aliphatic heterocycles. The third-order valence-corrected chi connectivity index (χ3v) is 4.85. The molecule has 1 unspecified atom stereocenters. The molecular formula is C19H28N4. The van der Waals surface area contributed by atoms with Crippen molar-refractivity contribution in [3.63, 3.8) is 0 Å². The predicted molar refractivity (Wildman–Crippen MR) is 94.0 cm³/mol. The van der Waals surface area contributed by atoms with Crippen LogP contribution in [0, 0.1) is 0 Å². The first-order valence-electron chi connectivity index (χ1n) is 8.64. The first-order valence-corrected chi connectivity index (χ1v) is 8.64. The van der Waals surface area contributed by atoms with Crippen LogP contribution in [0.1, 0.15) is 30.5 Å². The maximum Gasteiger partial charge on any atom is 0.0543 e. The zero-order valence-corrected chi connectivity index (χ0v) is 14.4. The summed E-state index contributed by atoms with van der Waals surface area (Å²) in [5, 5.41) is 0. The monoisotopic (exact) mass is 312 g/mol. The van der Waals surface area contributed by atoms with Crippen LogP contribution in [0.25, 0.3) is 0 Å². The molecule has 0 saturated carbocycles. The summed E-state index contributed by atoms with van der Waals surface area (Å²) < 4.78 is 2.14. The van der Waals surface area contributed by atoms with Gasteiger partial charge >= 0.3 is 0 Å². The van der Waals surface area contributed by atoms with Crippen molar-refractivity contribution in [1.82, 2.24) is 19.4 Å². The molecule has 3 heterocycles. The number of likely N-dealkylation sites (tertiary alicyclic amines) is 1. The van der Waals surface area contributed by atoms with Crippen LogP contribution in [-0.2, 0) is 20.1 Å². The fraction of sp³-hybridized carbons (Fsp3) is 0.526. The van der Waals surface area contributed by atoms with Gasteiger partial charge in [0.2, 0.25) is 0 Å². The lowest BCUT2D eigenvalue weighted by atomic mass is 10.1. The summed E-state index contributed by atoms with van der Waals surface area (Å²) in [6, 6.07) is 9.07. The molecule has 0 amide bonds. The van der Waals surface area contributed by atoms with E-state index in [2.05, 4.69) is 64.0 Å². The fourth-order valence-corrected chi connectivity index (χ4v) is 3.53. The van der Waals surface area contributed by atoms with Gasteiger partial charge in [-0.25, -0.2) is 0 Å². The lowest BCUT2D eigenvalue weighted by molar-refractivity contribution is 0.204. The Balaban J connectivity index is 1.51. The molecule has 0 radical (unpaired) electrons. The molecule has 0 aliphatic carbocycles. The van der Waals surface area contributed by atoms with Crippen LogP contribution in [0.3, 0.4) is 0 Å². The first-order chi connectivity index (χ1) is 11.2. The maximum absolute atomic E-state index is 4.46. The van der Waals surface area contributed by atoms with Crippen LogP contribution in [0.5, 0.6) is 0 Å². The van der Waals surface area contributed by atoms with E-state index >= 15 is 0 Å². The molecule has 124 valence electrons. The lowest BCUT2D eigenvalue weighted by Crippen LogP contribution is -2.32. The van der Waals surface area contributed by atoms with E-state index in [1.54, 1.807) is 0 Å². The Morgan fingerprint density at radius 1 is 1.22 bits per heavy atom. The number of aromatic nitrogens is 2. The highest BCUT2D eigenvalue weighted by Crippen LogP contribution is 2.19. The van der Waals surface area contributed by atoms with Crippen LogP contribution < -0.4 is 0 Å². The van der Waals surface area contributed by atoms with Gasteiger partial charge in [0, 0.05) is 44.8 Å². The SMILES string of the molecule is CN(Cc1ccccn1)C1CCCN(Cc2ccn(C)c2)CC1. The number of pyridine rings is 1. The maximum atomic E-state index is 4.46. The minimum Gasteiger partial charge on any atom is -0.357 e. The third-order valence-electron chi connectivity index (χ3n) is 4.85. The van der Waals surface area contributed by atoms with E-state index in [1.165, 1.54) is 43.6 Å². The van der Waals surface area contributed by atoms with Crippen LogP contribution in [0.4, 0.5) is 0 Å². The highest BCUT2D eigenvalue weighted by molar-refractivity contribution is 5.09. The summed E-state index contributed by atoms with van der Waals surface area (Å²) in [6.07, 6.45) is 10.1. The minimum absolute atomic E-state index is 0.665. The van der Waals surface area contributed by atoms with Crippen molar-refractivity contribution in [2.75, 3.05) is 20.1 Å². The highest BCUT2D eigenvalue weighted by Gasteiger charge is 2.20. The third kappa shape index (κ3) is 4.66. The second-order valence-corrected chi connectivity index (χ2v) is 6.78. The molecule has 2 aromatic rings. The molecule has 1 aliphatic rings. The topological polar surface area (TPSA) is 24.3 Å². The van der Waals surface area contributed by atoms with Crippen LogP contribution in [-0.4, -0.2) is 45.5 Å². The molecule has 2 aromatic heterocycles. The van der Waals surface area contributed by atoms with E-state index < -0.39 is 0 Å². The van der Waals surface area contributed by atoms with E-state index in [4.69, 9.17) is 0 Å². The molecule has 4 nitrogen and oxygen atoms in total. The molecule has 4 heteroatoms. The second kappa shape index (κ2) is 7.75. The van der Waals surface area contributed by atoms with E-state index in [0.717, 1.165) is 13.1 Å². The van der Waals surface area contributed by atoms with Gasteiger partial charge in [0.25, 0.3) is 0 Å². The molecule has 3 rings (SSSR count).